The minimum Gasteiger partial charge on any atom is -0.367 e. The van der Waals surface area contributed by atoms with Crippen LogP contribution in [0.3, 0.4) is 0 Å². The monoisotopic (exact) mass is 409 g/mol. The summed E-state index contributed by atoms with van der Waals surface area (Å²) in [6.45, 7) is 6.29. The molecule has 1 aromatic carbocycles. The molecule has 1 fully saturated rings. The molecule has 30 heavy (non-hydrogen) atoms. The minimum absolute atomic E-state index is 0.0498. The van der Waals surface area contributed by atoms with Crippen LogP contribution in [0.1, 0.15) is 29.8 Å². The molecule has 1 saturated heterocycles. The molecule has 0 saturated carbocycles. The molecule has 0 bridgehead atoms. The van der Waals surface area contributed by atoms with Crippen molar-refractivity contribution < 1.29 is 9.13 Å². The molecule has 2 aromatic heterocycles. The van der Waals surface area contributed by atoms with Crippen LogP contribution in [0.15, 0.2) is 53.8 Å². The number of fused-ring (bicyclic) bond motifs is 1. The summed E-state index contributed by atoms with van der Waals surface area (Å²) >= 11 is 0. The number of ether oxygens (including phenoxy) is 1. The topological polar surface area (TPSA) is 54.2 Å². The van der Waals surface area contributed by atoms with E-state index in [-0.39, 0.29) is 18.0 Å². The summed E-state index contributed by atoms with van der Waals surface area (Å²) in [5.41, 5.74) is 4.19. The third kappa shape index (κ3) is 4.46. The van der Waals surface area contributed by atoms with Crippen molar-refractivity contribution in [2.24, 2.45) is 4.99 Å². The summed E-state index contributed by atoms with van der Waals surface area (Å²) < 4.78 is 21.4. The normalized spacial score (nSPS) is 20.0. The van der Waals surface area contributed by atoms with E-state index in [9.17, 15) is 4.39 Å². The fraction of sp³-hybridized carbons (Fsp3) is 0.391. The van der Waals surface area contributed by atoms with Crippen LogP contribution in [0.2, 0.25) is 0 Å². The van der Waals surface area contributed by atoms with Gasteiger partial charge in [-0.2, -0.15) is 0 Å². The quantitative estimate of drug-likeness (QED) is 0.530. The van der Waals surface area contributed by atoms with Crippen LogP contribution in [0, 0.1) is 12.7 Å². The number of pyridine rings is 1. The van der Waals surface area contributed by atoms with Gasteiger partial charge in [0.25, 0.3) is 0 Å². The maximum atomic E-state index is 13.3. The second-order valence-electron chi connectivity index (χ2n) is 7.77. The standard InChI is InChI=1S/C23H28FN5O/c1-16-5-4-12-28-14-20(27-22(16)28)10-11-26-23(25-3)29-13-17(2)30-21(15-29)18-6-8-19(24)9-7-18/h4-9,12,14,17,21H,10-11,13,15H2,1-3H3,(H,25,26). The van der Waals surface area contributed by atoms with Gasteiger partial charge in [-0.15, -0.1) is 0 Å². The van der Waals surface area contributed by atoms with Crippen LogP contribution >= 0.6 is 0 Å². The molecule has 2 unspecified atom stereocenters. The fourth-order valence-electron chi connectivity index (χ4n) is 3.95. The summed E-state index contributed by atoms with van der Waals surface area (Å²) in [4.78, 5) is 11.4. The number of guanidine groups is 1. The van der Waals surface area contributed by atoms with Gasteiger partial charge >= 0.3 is 0 Å². The molecule has 0 aliphatic carbocycles. The van der Waals surface area contributed by atoms with Crippen molar-refractivity contribution >= 4 is 11.6 Å². The second-order valence-corrected chi connectivity index (χ2v) is 7.77. The maximum absolute atomic E-state index is 13.3. The number of nitrogens with zero attached hydrogens (tertiary/aromatic N) is 4. The summed E-state index contributed by atoms with van der Waals surface area (Å²) in [5, 5.41) is 3.46. The van der Waals surface area contributed by atoms with Crippen LogP contribution in [-0.2, 0) is 11.2 Å². The van der Waals surface area contributed by atoms with E-state index in [0.29, 0.717) is 6.54 Å². The number of aryl methyl sites for hydroxylation is 1. The predicted octanol–water partition coefficient (Wildman–Crippen LogP) is 3.36. The van der Waals surface area contributed by atoms with Crippen LogP contribution in [0.25, 0.3) is 5.65 Å². The van der Waals surface area contributed by atoms with Crippen molar-refractivity contribution in [3.05, 3.63) is 71.4 Å². The Morgan fingerprint density at radius 2 is 2.07 bits per heavy atom. The van der Waals surface area contributed by atoms with E-state index < -0.39 is 0 Å². The highest BCUT2D eigenvalue weighted by Crippen LogP contribution is 2.25. The van der Waals surface area contributed by atoms with Crippen molar-refractivity contribution in [1.29, 1.82) is 0 Å². The Bertz CT molecular complexity index is 1030. The van der Waals surface area contributed by atoms with Gasteiger partial charge in [-0.3, -0.25) is 4.99 Å². The maximum Gasteiger partial charge on any atom is 0.193 e. The minimum atomic E-state index is -0.237. The lowest BCUT2D eigenvalue weighted by atomic mass is 10.1. The van der Waals surface area contributed by atoms with E-state index in [4.69, 9.17) is 9.72 Å². The van der Waals surface area contributed by atoms with Crippen molar-refractivity contribution in [3.8, 4) is 0 Å². The molecule has 158 valence electrons. The van der Waals surface area contributed by atoms with Gasteiger partial charge < -0.3 is 19.4 Å². The Labute approximate surface area is 176 Å². The zero-order chi connectivity index (χ0) is 21.1. The number of hydrogen-bond donors (Lipinski definition) is 1. The lowest BCUT2D eigenvalue weighted by molar-refractivity contribution is -0.0604. The van der Waals surface area contributed by atoms with Gasteiger partial charge in [-0.05, 0) is 43.2 Å². The number of hydrogen-bond acceptors (Lipinski definition) is 3. The number of imidazole rings is 1. The van der Waals surface area contributed by atoms with E-state index >= 15 is 0 Å². The third-order valence-corrected chi connectivity index (χ3v) is 5.41. The predicted molar refractivity (Wildman–Crippen MR) is 116 cm³/mol. The molecule has 1 N–H and O–H groups in total. The number of aromatic nitrogens is 2. The average molecular weight is 410 g/mol. The number of aliphatic imine (C=N–C) groups is 1. The van der Waals surface area contributed by atoms with Crippen molar-refractivity contribution in [2.75, 3.05) is 26.7 Å². The molecule has 0 radical (unpaired) electrons. The zero-order valence-corrected chi connectivity index (χ0v) is 17.7. The summed E-state index contributed by atoms with van der Waals surface area (Å²) in [5.74, 6) is 0.608. The van der Waals surface area contributed by atoms with E-state index in [0.717, 1.165) is 42.4 Å². The Balaban J connectivity index is 1.38. The molecule has 0 spiro atoms. The Morgan fingerprint density at radius 3 is 2.80 bits per heavy atom. The Hall–Kier alpha value is -2.93. The highest BCUT2D eigenvalue weighted by molar-refractivity contribution is 5.80. The molecule has 3 heterocycles. The van der Waals surface area contributed by atoms with E-state index in [1.54, 1.807) is 19.2 Å². The highest BCUT2D eigenvalue weighted by Gasteiger charge is 2.28. The van der Waals surface area contributed by atoms with Crippen LogP contribution in [0.5, 0.6) is 0 Å². The van der Waals surface area contributed by atoms with Crippen LogP contribution < -0.4 is 5.32 Å². The molecule has 6 nitrogen and oxygen atoms in total. The summed E-state index contributed by atoms with van der Waals surface area (Å²) in [6, 6.07) is 10.6. The molecular formula is C23H28FN5O. The summed E-state index contributed by atoms with van der Waals surface area (Å²) in [7, 11) is 1.80. The zero-order valence-electron chi connectivity index (χ0n) is 17.7. The largest absolute Gasteiger partial charge is 0.367 e. The molecule has 2 atom stereocenters. The van der Waals surface area contributed by atoms with Crippen LogP contribution in [-0.4, -0.2) is 53.0 Å². The molecule has 4 rings (SSSR count). The number of benzene rings is 1. The third-order valence-electron chi connectivity index (χ3n) is 5.41. The van der Waals surface area contributed by atoms with E-state index in [2.05, 4.69) is 45.7 Å². The number of morpholine rings is 1. The Morgan fingerprint density at radius 1 is 1.27 bits per heavy atom. The number of halogens is 1. The van der Waals surface area contributed by atoms with Crippen LogP contribution in [0.4, 0.5) is 4.39 Å². The molecule has 7 heteroatoms. The van der Waals surface area contributed by atoms with Gasteiger partial charge in [0.1, 0.15) is 17.6 Å². The molecule has 1 aliphatic rings. The fourth-order valence-corrected chi connectivity index (χ4v) is 3.95. The van der Waals surface area contributed by atoms with Gasteiger partial charge in [-0.25, -0.2) is 9.37 Å². The lowest BCUT2D eigenvalue weighted by Gasteiger charge is -2.38. The first-order chi connectivity index (χ1) is 14.5. The first-order valence-electron chi connectivity index (χ1n) is 10.3. The smallest absolute Gasteiger partial charge is 0.193 e. The van der Waals surface area contributed by atoms with Crippen molar-refractivity contribution in [3.63, 3.8) is 0 Å². The van der Waals surface area contributed by atoms with Crippen molar-refractivity contribution in [2.45, 2.75) is 32.5 Å². The molecule has 0 amide bonds. The first-order valence-corrected chi connectivity index (χ1v) is 10.3. The van der Waals surface area contributed by atoms with Gasteiger partial charge in [0, 0.05) is 39.0 Å². The first kappa shape index (κ1) is 20.3. The molecular weight excluding hydrogens is 381 g/mol. The number of nitrogens with one attached hydrogen (secondary N) is 1. The Kier molecular flexibility index (Phi) is 5.99. The summed E-state index contributed by atoms with van der Waals surface area (Å²) in [6.07, 6.45) is 4.84. The SMILES string of the molecule is CN=C(NCCc1cn2cccc(C)c2n1)N1CC(C)OC(c2ccc(F)cc2)C1. The number of rotatable bonds is 4. The van der Waals surface area contributed by atoms with Gasteiger partial charge in [-0.1, -0.05) is 18.2 Å². The lowest BCUT2D eigenvalue weighted by Crippen LogP contribution is -2.51. The van der Waals surface area contributed by atoms with Gasteiger partial charge in [0.2, 0.25) is 0 Å². The molecule has 1 aliphatic heterocycles. The van der Waals surface area contributed by atoms with E-state index in [1.165, 1.54) is 17.7 Å². The second kappa shape index (κ2) is 8.83. The highest BCUT2D eigenvalue weighted by atomic mass is 19.1. The van der Waals surface area contributed by atoms with E-state index in [1.807, 2.05) is 12.3 Å². The van der Waals surface area contributed by atoms with Gasteiger partial charge in [0.05, 0.1) is 18.3 Å². The molecule has 3 aromatic rings. The average Bonchev–Trinajstić information content (AvgIpc) is 3.16. The van der Waals surface area contributed by atoms with Crippen molar-refractivity contribution in [1.82, 2.24) is 19.6 Å². The van der Waals surface area contributed by atoms with Gasteiger partial charge in [0.15, 0.2) is 5.96 Å².